The van der Waals surface area contributed by atoms with E-state index in [1.54, 1.807) is 14.0 Å². The maximum atomic E-state index is 12.6. The van der Waals surface area contributed by atoms with E-state index in [1.165, 1.54) is 7.11 Å². The Morgan fingerprint density at radius 1 is 1.15 bits per heavy atom. The Morgan fingerprint density at radius 3 is 2.35 bits per heavy atom. The molecule has 0 heterocycles. The first-order chi connectivity index (χ1) is 12.2. The number of methoxy groups -OCH3 is 2. The van der Waals surface area contributed by atoms with Crippen molar-refractivity contribution in [3.63, 3.8) is 0 Å². The van der Waals surface area contributed by atoms with Gasteiger partial charge in [-0.3, -0.25) is 4.79 Å². The maximum absolute atomic E-state index is 12.6. The van der Waals surface area contributed by atoms with Crippen LogP contribution in [0.4, 0.5) is 0 Å². The van der Waals surface area contributed by atoms with Crippen molar-refractivity contribution in [1.29, 1.82) is 0 Å². The van der Waals surface area contributed by atoms with Gasteiger partial charge in [-0.05, 0) is 41.9 Å². The number of benzene rings is 1. The minimum atomic E-state index is -0.370. The van der Waals surface area contributed by atoms with E-state index in [2.05, 4.69) is 0 Å². The van der Waals surface area contributed by atoms with Gasteiger partial charge < -0.3 is 14.2 Å². The Labute approximate surface area is 155 Å². The fourth-order valence-electron chi connectivity index (χ4n) is 3.38. The van der Waals surface area contributed by atoms with Gasteiger partial charge in [0.05, 0.1) is 19.6 Å². The average molecular weight is 360 g/mol. The average Bonchev–Trinajstić information content (AvgIpc) is 3.14. The zero-order valence-corrected chi connectivity index (χ0v) is 16.4. The van der Waals surface area contributed by atoms with Crippen molar-refractivity contribution in [2.45, 2.75) is 40.9 Å². The topological polar surface area (TPSA) is 61.8 Å². The number of hydrogen-bond acceptors (Lipinski definition) is 5. The lowest BCUT2D eigenvalue weighted by Gasteiger charge is -2.11. The third kappa shape index (κ3) is 4.15. The number of carbonyl (C=O) groups is 2. The standard InChI is InChI=1S/C21H28O5/c1-13(19(22)25-6)10-17-18(21(17,3)4)20(23)26-12-16-9-7-8-15(11-24-5)14(16)2/h7-10,17-18H,11-12H2,1-6H3/b13-10+/t17-,18+/m1/s1. The monoisotopic (exact) mass is 360 g/mol. The van der Waals surface area contributed by atoms with Crippen LogP contribution < -0.4 is 0 Å². The van der Waals surface area contributed by atoms with Crippen LogP contribution in [0.25, 0.3) is 0 Å². The number of allylic oxidation sites excluding steroid dienone is 1. The summed E-state index contributed by atoms with van der Waals surface area (Å²) in [6.45, 7) is 8.49. The van der Waals surface area contributed by atoms with Crippen LogP contribution in [0.1, 0.15) is 37.5 Å². The highest BCUT2D eigenvalue weighted by Gasteiger charge is 2.61. The van der Waals surface area contributed by atoms with Gasteiger partial charge in [0, 0.05) is 12.7 Å². The van der Waals surface area contributed by atoms with Crippen LogP contribution in [0.5, 0.6) is 0 Å². The lowest BCUT2D eigenvalue weighted by Crippen LogP contribution is -2.11. The molecular weight excluding hydrogens is 332 g/mol. The first-order valence-corrected chi connectivity index (χ1v) is 8.73. The van der Waals surface area contributed by atoms with E-state index in [0.717, 1.165) is 16.7 Å². The number of esters is 2. The predicted octanol–water partition coefficient (Wildman–Crippen LogP) is 3.58. The molecule has 1 aliphatic carbocycles. The Balaban J connectivity index is 2.03. The third-order valence-corrected chi connectivity index (χ3v) is 5.33. The van der Waals surface area contributed by atoms with Gasteiger partial charge in [-0.1, -0.05) is 38.1 Å². The summed E-state index contributed by atoms with van der Waals surface area (Å²) in [7, 11) is 3.01. The van der Waals surface area contributed by atoms with Crippen LogP contribution in [0.15, 0.2) is 29.8 Å². The van der Waals surface area contributed by atoms with Crippen molar-refractivity contribution < 1.29 is 23.8 Å². The van der Waals surface area contributed by atoms with Crippen LogP contribution in [0, 0.1) is 24.2 Å². The van der Waals surface area contributed by atoms with E-state index in [9.17, 15) is 9.59 Å². The molecule has 1 aromatic carbocycles. The summed E-state index contributed by atoms with van der Waals surface area (Å²) in [5.41, 5.74) is 3.44. The second-order valence-electron chi connectivity index (χ2n) is 7.41. The molecule has 0 unspecified atom stereocenters. The lowest BCUT2D eigenvalue weighted by atomic mass is 10.0. The van der Waals surface area contributed by atoms with Crippen molar-refractivity contribution in [3.8, 4) is 0 Å². The number of hydrogen-bond donors (Lipinski definition) is 0. The fourth-order valence-corrected chi connectivity index (χ4v) is 3.38. The zero-order valence-electron chi connectivity index (χ0n) is 16.4. The Kier molecular flexibility index (Phi) is 6.24. The minimum absolute atomic E-state index is 0.0185. The molecule has 1 fully saturated rings. The van der Waals surface area contributed by atoms with Crippen molar-refractivity contribution in [2.75, 3.05) is 14.2 Å². The lowest BCUT2D eigenvalue weighted by molar-refractivity contribution is -0.147. The molecule has 0 radical (unpaired) electrons. The summed E-state index contributed by atoms with van der Waals surface area (Å²) in [6, 6.07) is 5.90. The van der Waals surface area contributed by atoms with E-state index < -0.39 is 0 Å². The Bertz CT molecular complexity index is 717. The molecule has 2 atom stereocenters. The molecule has 1 saturated carbocycles. The summed E-state index contributed by atoms with van der Waals surface area (Å²) in [4.78, 5) is 24.1. The molecule has 0 spiro atoms. The summed E-state index contributed by atoms with van der Waals surface area (Å²) in [5.74, 6) is -0.865. The highest BCUT2D eigenvalue weighted by Crippen LogP contribution is 2.59. The predicted molar refractivity (Wildman–Crippen MR) is 98.2 cm³/mol. The molecule has 2 rings (SSSR count). The second kappa shape index (κ2) is 8.04. The molecule has 0 N–H and O–H groups in total. The molecule has 1 aromatic rings. The van der Waals surface area contributed by atoms with Gasteiger partial charge in [0.15, 0.2) is 0 Å². The summed E-state index contributed by atoms with van der Waals surface area (Å²) >= 11 is 0. The number of rotatable bonds is 7. The molecule has 5 heteroatoms. The van der Waals surface area contributed by atoms with Crippen LogP contribution in [0.2, 0.25) is 0 Å². The van der Waals surface area contributed by atoms with Gasteiger partial charge in [0.25, 0.3) is 0 Å². The Morgan fingerprint density at radius 2 is 1.77 bits per heavy atom. The zero-order chi connectivity index (χ0) is 19.5. The molecular formula is C21H28O5. The highest BCUT2D eigenvalue weighted by atomic mass is 16.5. The van der Waals surface area contributed by atoms with Crippen LogP contribution >= 0.6 is 0 Å². The smallest absolute Gasteiger partial charge is 0.333 e. The van der Waals surface area contributed by atoms with Crippen molar-refractivity contribution in [1.82, 2.24) is 0 Å². The first-order valence-electron chi connectivity index (χ1n) is 8.73. The number of ether oxygens (including phenoxy) is 3. The quantitative estimate of drug-likeness (QED) is 0.549. The third-order valence-electron chi connectivity index (χ3n) is 5.33. The van der Waals surface area contributed by atoms with E-state index >= 15 is 0 Å². The molecule has 142 valence electrons. The van der Waals surface area contributed by atoms with E-state index in [4.69, 9.17) is 14.2 Å². The van der Waals surface area contributed by atoms with E-state index in [-0.39, 0.29) is 35.8 Å². The van der Waals surface area contributed by atoms with Crippen LogP contribution in [0.3, 0.4) is 0 Å². The summed E-state index contributed by atoms with van der Waals surface area (Å²) in [6.07, 6.45) is 1.82. The van der Waals surface area contributed by atoms with Crippen molar-refractivity contribution in [3.05, 3.63) is 46.5 Å². The summed E-state index contributed by atoms with van der Waals surface area (Å²) < 4.78 is 15.5. The van der Waals surface area contributed by atoms with E-state index in [1.807, 2.05) is 45.0 Å². The molecule has 5 nitrogen and oxygen atoms in total. The number of carbonyl (C=O) groups excluding carboxylic acids is 2. The van der Waals surface area contributed by atoms with Gasteiger partial charge >= 0.3 is 11.9 Å². The maximum Gasteiger partial charge on any atom is 0.333 e. The van der Waals surface area contributed by atoms with Crippen molar-refractivity contribution in [2.24, 2.45) is 17.3 Å². The second-order valence-corrected chi connectivity index (χ2v) is 7.41. The van der Waals surface area contributed by atoms with Crippen LogP contribution in [-0.2, 0) is 37.0 Å². The molecule has 1 aliphatic rings. The molecule has 0 bridgehead atoms. The molecule has 0 saturated heterocycles. The van der Waals surface area contributed by atoms with Gasteiger partial charge in [-0.2, -0.15) is 0 Å². The SMILES string of the molecule is COCc1cccc(COC(=O)[C@@H]2[C@@H](/C=C(\C)C(=O)OC)C2(C)C)c1C. The first kappa shape index (κ1) is 20.2. The molecule has 26 heavy (non-hydrogen) atoms. The van der Waals surface area contributed by atoms with Gasteiger partial charge in [0.1, 0.15) is 6.61 Å². The van der Waals surface area contributed by atoms with Crippen LogP contribution in [-0.4, -0.2) is 26.2 Å². The minimum Gasteiger partial charge on any atom is -0.466 e. The highest BCUT2D eigenvalue weighted by molar-refractivity contribution is 5.88. The van der Waals surface area contributed by atoms with Gasteiger partial charge in [-0.15, -0.1) is 0 Å². The normalized spacial score (nSPS) is 21.2. The molecule has 0 aliphatic heterocycles. The Hall–Kier alpha value is -2.14. The van der Waals surface area contributed by atoms with Gasteiger partial charge in [-0.25, -0.2) is 4.79 Å². The summed E-state index contributed by atoms with van der Waals surface area (Å²) in [5, 5.41) is 0. The van der Waals surface area contributed by atoms with Crippen molar-refractivity contribution >= 4 is 11.9 Å². The van der Waals surface area contributed by atoms with Gasteiger partial charge in [0.2, 0.25) is 0 Å². The molecule has 0 aromatic heterocycles. The van der Waals surface area contributed by atoms with E-state index in [0.29, 0.717) is 12.2 Å². The fraction of sp³-hybridized carbons (Fsp3) is 0.524. The largest absolute Gasteiger partial charge is 0.466 e. The molecule has 0 amide bonds.